The Hall–Kier alpha value is -2.25. The first-order valence-corrected chi connectivity index (χ1v) is 6.32. The maximum absolute atomic E-state index is 10.6. The summed E-state index contributed by atoms with van der Waals surface area (Å²) in [5.74, 6) is -0.0498. The smallest absolute Gasteiger partial charge is 0.279 e. The molecule has 0 radical (unpaired) electrons. The number of phenolic OH excluding ortho intramolecular Hbond substituents is 1. The second-order valence-electron chi connectivity index (χ2n) is 4.26. The Morgan fingerprint density at radius 1 is 1.15 bits per heavy atom. The normalized spacial score (nSPS) is 14.4. The van der Waals surface area contributed by atoms with Crippen LogP contribution in [0.3, 0.4) is 0 Å². The maximum atomic E-state index is 10.6. The molecule has 1 aliphatic rings. The van der Waals surface area contributed by atoms with E-state index in [0.717, 1.165) is 26.2 Å². The Morgan fingerprint density at radius 2 is 1.80 bits per heavy atom. The lowest BCUT2D eigenvalue weighted by molar-refractivity contribution is -0.383. The SMILES string of the molecule is C1CNCCN1.O=[N+]([O-])c1ccc(O)c2ncccc12. The van der Waals surface area contributed by atoms with E-state index in [1.54, 1.807) is 12.1 Å². The summed E-state index contributed by atoms with van der Waals surface area (Å²) in [5, 5.41) is 26.8. The number of aromatic nitrogens is 1. The van der Waals surface area contributed by atoms with Gasteiger partial charge in [0.05, 0.1) is 10.3 Å². The summed E-state index contributed by atoms with van der Waals surface area (Å²) in [6.07, 6.45) is 1.48. The molecular formula is C13H16N4O3. The van der Waals surface area contributed by atoms with Gasteiger partial charge in [0.25, 0.3) is 5.69 Å². The van der Waals surface area contributed by atoms with Crippen molar-refractivity contribution in [2.45, 2.75) is 0 Å². The second-order valence-corrected chi connectivity index (χ2v) is 4.26. The predicted molar refractivity (Wildman–Crippen MR) is 75.8 cm³/mol. The van der Waals surface area contributed by atoms with E-state index in [0.29, 0.717) is 5.39 Å². The first-order valence-electron chi connectivity index (χ1n) is 6.32. The monoisotopic (exact) mass is 276 g/mol. The number of nitro groups is 1. The van der Waals surface area contributed by atoms with Gasteiger partial charge in [-0.1, -0.05) is 0 Å². The third-order valence-electron chi connectivity index (χ3n) is 2.88. The van der Waals surface area contributed by atoms with Crippen molar-refractivity contribution in [3.8, 4) is 5.75 Å². The zero-order valence-electron chi connectivity index (χ0n) is 10.9. The molecule has 1 fully saturated rings. The minimum absolute atomic E-state index is 0.0498. The molecule has 0 unspecified atom stereocenters. The fourth-order valence-electron chi connectivity index (χ4n) is 1.91. The highest BCUT2D eigenvalue weighted by Crippen LogP contribution is 2.29. The van der Waals surface area contributed by atoms with E-state index in [2.05, 4.69) is 15.6 Å². The molecule has 7 nitrogen and oxygen atoms in total. The van der Waals surface area contributed by atoms with Crippen LogP contribution < -0.4 is 10.6 Å². The number of non-ortho nitro benzene ring substituents is 1. The topological polar surface area (TPSA) is 100 Å². The Kier molecular flexibility index (Phi) is 4.80. The largest absolute Gasteiger partial charge is 0.506 e. The predicted octanol–water partition coefficient (Wildman–Crippen LogP) is 1.03. The highest BCUT2D eigenvalue weighted by atomic mass is 16.6. The number of nitrogens with zero attached hydrogens (tertiary/aromatic N) is 2. The summed E-state index contributed by atoms with van der Waals surface area (Å²) < 4.78 is 0. The molecule has 0 atom stereocenters. The zero-order valence-corrected chi connectivity index (χ0v) is 10.9. The Bertz CT molecular complexity index is 588. The number of benzene rings is 1. The maximum Gasteiger partial charge on any atom is 0.279 e. The highest BCUT2D eigenvalue weighted by molar-refractivity contribution is 5.91. The van der Waals surface area contributed by atoms with E-state index < -0.39 is 4.92 Å². The fourth-order valence-corrected chi connectivity index (χ4v) is 1.91. The number of nitrogens with one attached hydrogen (secondary N) is 2. The van der Waals surface area contributed by atoms with Crippen LogP contribution in [-0.4, -0.2) is 41.2 Å². The molecule has 0 spiro atoms. The summed E-state index contributed by atoms with van der Waals surface area (Å²) in [4.78, 5) is 14.0. The molecule has 106 valence electrons. The van der Waals surface area contributed by atoms with E-state index in [4.69, 9.17) is 0 Å². The van der Waals surface area contributed by atoms with Crippen LogP contribution in [0.5, 0.6) is 5.75 Å². The average Bonchev–Trinajstić information content (AvgIpc) is 2.50. The standard InChI is InChI=1S/C9H6N2O3.C4H10N2/c12-8-4-3-7(11(13)14)6-2-1-5-10-9(6)8;1-2-6-4-3-5-1/h1-5,12H;5-6H,1-4H2. The number of phenols is 1. The first-order chi connectivity index (χ1) is 9.70. The molecule has 20 heavy (non-hydrogen) atoms. The quantitative estimate of drug-likeness (QED) is 0.531. The molecule has 0 aliphatic carbocycles. The number of hydrogen-bond acceptors (Lipinski definition) is 6. The third-order valence-corrected chi connectivity index (χ3v) is 2.88. The van der Waals surface area contributed by atoms with Crippen molar-refractivity contribution in [2.24, 2.45) is 0 Å². The van der Waals surface area contributed by atoms with Crippen LogP contribution >= 0.6 is 0 Å². The minimum Gasteiger partial charge on any atom is -0.506 e. The van der Waals surface area contributed by atoms with E-state index in [1.807, 2.05) is 0 Å². The molecular weight excluding hydrogens is 260 g/mol. The number of pyridine rings is 1. The lowest BCUT2D eigenvalue weighted by atomic mass is 10.2. The summed E-state index contributed by atoms with van der Waals surface area (Å²) in [5.41, 5.74) is 0.201. The summed E-state index contributed by atoms with van der Waals surface area (Å²) in [7, 11) is 0. The van der Waals surface area contributed by atoms with Gasteiger partial charge in [0.2, 0.25) is 0 Å². The third kappa shape index (κ3) is 3.40. The Morgan fingerprint density at radius 3 is 2.35 bits per heavy atom. The minimum atomic E-state index is -0.497. The molecule has 0 bridgehead atoms. The van der Waals surface area contributed by atoms with Crippen molar-refractivity contribution in [3.63, 3.8) is 0 Å². The summed E-state index contributed by atoms with van der Waals surface area (Å²) in [6, 6.07) is 5.68. The summed E-state index contributed by atoms with van der Waals surface area (Å²) in [6.45, 7) is 4.56. The van der Waals surface area contributed by atoms with Gasteiger partial charge in [-0.15, -0.1) is 0 Å². The van der Waals surface area contributed by atoms with Crippen LogP contribution in [0.15, 0.2) is 30.5 Å². The van der Waals surface area contributed by atoms with Gasteiger partial charge in [0.15, 0.2) is 0 Å². The molecule has 1 aromatic carbocycles. The Labute approximate surface area is 115 Å². The molecule has 7 heteroatoms. The first kappa shape index (κ1) is 14.2. The van der Waals surface area contributed by atoms with Crippen LogP contribution in [0.1, 0.15) is 0 Å². The van der Waals surface area contributed by atoms with Gasteiger partial charge in [-0.3, -0.25) is 15.1 Å². The lowest BCUT2D eigenvalue weighted by Gasteiger charge is -2.11. The number of nitro benzene ring substituents is 1. The van der Waals surface area contributed by atoms with Gasteiger partial charge in [-0.25, -0.2) is 0 Å². The molecule has 0 amide bonds. The van der Waals surface area contributed by atoms with Crippen molar-refractivity contribution < 1.29 is 10.0 Å². The van der Waals surface area contributed by atoms with Gasteiger partial charge in [-0.2, -0.15) is 0 Å². The number of rotatable bonds is 1. The molecule has 2 aromatic rings. The van der Waals surface area contributed by atoms with Crippen LogP contribution in [0, 0.1) is 10.1 Å². The average molecular weight is 276 g/mol. The highest BCUT2D eigenvalue weighted by Gasteiger charge is 2.13. The van der Waals surface area contributed by atoms with Crippen molar-refractivity contribution in [1.82, 2.24) is 15.6 Å². The van der Waals surface area contributed by atoms with Gasteiger partial charge < -0.3 is 15.7 Å². The fraction of sp³-hybridized carbons (Fsp3) is 0.308. The number of fused-ring (bicyclic) bond motifs is 1. The molecule has 1 aromatic heterocycles. The van der Waals surface area contributed by atoms with Crippen LogP contribution in [0.25, 0.3) is 10.9 Å². The van der Waals surface area contributed by atoms with Crippen molar-refractivity contribution in [1.29, 1.82) is 0 Å². The lowest BCUT2D eigenvalue weighted by Crippen LogP contribution is -2.39. The van der Waals surface area contributed by atoms with E-state index >= 15 is 0 Å². The van der Waals surface area contributed by atoms with Crippen LogP contribution in [0.4, 0.5) is 5.69 Å². The number of piperazine rings is 1. The second kappa shape index (κ2) is 6.78. The molecule has 0 saturated carbocycles. The van der Waals surface area contributed by atoms with Crippen molar-refractivity contribution in [2.75, 3.05) is 26.2 Å². The molecule has 1 saturated heterocycles. The molecule has 1 aliphatic heterocycles. The molecule has 2 heterocycles. The number of hydrogen-bond donors (Lipinski definition) is 3. The van der Waals surface area contributed by atoms with Crippen molar-refractivity contribution >= 4 is 16.6 Å². The van der Waals surface area contributed by atoms with E-state index in [9.17, 15) is 15.2 Å². The van der Waals surface area contributed by atoms with Gasteiger partial charge in [-0.05, 0) is 18.2 Å². The van der Waals surface area contributed by atoms with Gasteiger partial charge >= 0.3 is 0 Å². The van der Waals surface area contributed by atoms with Gasteiger partial charge in [0, 0.05) is 38.4 Å². The van der Waals surface area contributed by atoms with Crippen LogP contribution in [-0.2, 0) is 0 Å². The van der Waals surface area contributed by atoms with Gasteiger partial charge in [0.1, 0.15) is 11.3 Å². The zero-order chi connectivity index (χ0) is 14.4. The van der Waals surface area contributed by atoms with E-state index in [1.165, 1.54) is 18.3 Å². The molecule has 3 rings (SSSR count). The van der Waals surface area contributed by atoms with Crippen LogP contribution in [0.2, 0.25) is 0 Å². The molecule has 3 N–H and O–H groups in total. The van der Waals surface area contributed by atoms with E-state index in [-0.39, 0.29) is 17.0 Å². The summed E-state index contributed by atoms with van der Waals surface area (Å²) >= 11 is 0. The Balaban J connectivity index is 0.000000205. The van der Waals surface area contributed by atoms with Crippen molar-refractivity contribution in [3.05, 3.63) is 40.6 Å². The number of aromatic hydroxyl groups is 1.